The number of rotatable bonds is 10. The molecule has 1 amide bonds. The van der Waals surface area contributed by atoms with Crippen molar-refractivity contribution in [2.24, 2.45) is 5.92 Å². The van der Waals surface area contributed by atoms with Gasteiger partial charge in [-0.05, 0) is 55.5 Å². The monoisotopic (exact) mass is 450 g/mol. The molecule has 1 atom stereocenters. The van der Waals surface area contributed by atoms with Gasteiger partial charge in [0.15, 0.2) is 0 Å². The van der Waals surface area contributed by atoms with Crippen LogP contribution in [-0.2, 0) is 11.4 Å². The van der Waals surface area contributed by atoms with E-state index in [1.807, 2.05) is 25.1 Å². The van der Waals surface area contributed by atoms with Crippen LogP contribution in [0.2, 0.25) is 0 Å². The normalized spacial score (nSPS) is 13.8. The molecule has 1 saturated carbocycles. The van der Waals surface area contributed by atoms with Crippen LogP contribution >= 0.6 is 0 Å². The lowest BCUT2D eigenvalue weighted by Crippen LogP contribution is -2.23. The van der Waals surface area contributed by atoms with E-state index < -0.39 is 5.82 Å². The molecule has 2 aromatic carbocycles. The van der Waals surface area contributed by atoms with Gasteiger partial charge in [-0.15, -0.1) is 0 Å². The van der Waals surface area contributed by atoms with Crippen LogP contribution in [0.25, 0.3) is 0 Å². The van der Waals surface area contributed by atoms with Crippen molar-refractivity contribution in [1.82, 2.24) is 10.3 Å². The van der Waals surface area contributed by atoms with E-state index >= 15 is 0 Å². The number of carbonyl (C=O) groups excluding carboxylic acids is 1. The molecule has 33 heavy (non-hydrogen) atoms. The van der Waals surface area contributed by atoms with Gasteiger partial charge in [-0.2, -0.15) is 0 Å². The number of hydrogen-bond acceptors (Lipinski definition) is 5. The number of hydrogen-bond donors (Lipinski definition) is 1. The first kappa shape index (κ1) is 22.6. The van der Waals surface area contributed by atoms with Crippen molar-refractivity contribution in [3.05, 3.63) is 77.7 Å². The third kappa shape index (κ3) is 6.68. The van der Waals surface area contributed by atoms with Gasteiger partial charge in [0.05, 0.1) is 12.6 Å². The topological polar surface area (TPSA) is 69.7 Å². The summed E-state index contributed by atoms with van der Waals surface area (Å²) >= 11 is 0. The Morgan fingerprint density at radius 1 is 1.09 bits per heavy atom. The number of amides is 1. The maximum atomic E-state index is 14.6. The Labute approximate surface area is 192 Å². The first-order valence-electron chi connectivity index (χ1n) is 11.0. The zero-order valence-corrected chi connectivity index (χ0v) is 18.7. The third-order valence-corrected chi connectivity index (χ3v) is 5.30. The second-order valence-electron chi connectivity index (χ2n) is 8.23. The molecule has 3 aromatic rings. The van der Waals surface area contributed by atoms with Gasteiger partial charge >= 0.3 is 0 Å². The lowest BCUT2D eigenvalue weighted by atomic mass is 10.1. The van der Waals surface area contributed by atoms with Crippen LogP contribution in [0.5, 0.6) is 23.1 Å². The number of benzene rings is 2. The van der Waals surface area contributed by atoms with E-state index in [4.69, 9.17) is 14.2 Å². The fraction of sp³-hybridized carbons (Fsp3) is 0.308. The summed E-state index contributed by atoms with van der Waals surface area (Å²) in [5.41, 5.74) is 1.24. The van der Waals surface area contributed by atoms with E-state index in [1.54, 1.807) is 36.5 Å². The summed E-state index contributed by atoms with van der Waals surface area (Å²) in [5.74, 6) is 2.23. The van der Waals surface area contributed by atoms with Crippen LogP contribution in [0.4, 0.5) is 4.39 Å². The van der Waals surface area contributed by atoms with E-state index in [0.29, 0.717) is 28.9 Å². The predicted octanol–water partition coefficient (Wildman–Crippen LogP) is 5.58. The smallest absolute Gasteiger partial charge is 0.217 e. The van der Waals surface area contributed by atoms with E-state index in [0.717, 1.165) is 17.9 Å². The van der Waals surface area contributed by atoms with Crippen molar-refractivity contribution in [2.45, 2.75) is 39.3 Å². The Kier molecular flexibility index (Phi) is 7.07. The molecule has 1 heterocycles. The average Bonchev–Trinajstić information content (AvgIpc) is 3.62. The minimum atomic E-state index is -0.426. The quantitative estimate of drug-likeness (QED) is 0.437. The highest BCUT2D eigenvalue weighted by Crippen LogP contribution is 2.31. The maximum Gasteiger partial charge on any atom is 0.217 e. The van der Waals surface area contributed by atoms with E-state index in [2.05, 4.69) is 10.3 Å². The summed E-state index contributed by atoms with van der Waals surface area (Å²) in [5, 5.41) is 2.79. The highest BCUT2D eigenvalue weighted by atomic mass is 19.1. The molecule has 0 radical (unpaired) electrons. The predicted molar refractivity (Wildman–Crippen MR) is 122 cm³/mol. The molecule has 0 bridgehead atoms. The lowest BCUT2D eigenvalue weighted by Gasteiger charge is -2.13. The van der Waals surface area contributed by atoms with Crippen LogP contribution < -0.4 is 19.5 Å². The molecule has 1 fully saturated rings. The molecule has 1 aliphatic rings. The number of nitrogens with one attached hydrogen (secondary N) is 1. The number of aromatic nitrogens is 1. The Morgan fingerprint density at radius 2 is 1.88 bits per heavy atom. The Bertz CT molecular complexity index is 1100. The van der Waals surface area contributed by atoms with Crippen molar-refractivity contribution in [3.8, 4) is 23.1 Å². The standard InChI is InChI=1S/C26H27FN2O4/c1-17(29-18(2)30)20-9-11-26(28-14-20)32-16-21-8-10-24(13-25(21)27)33-23-5-3-4-22(12-23)31-15-19-6-7-19/h3-5,8-14,17,19H,6-7,15-16H2,1-2H3,(H,29,30). The fourth-order valence-corrected chi connectivity index (χ4v) is 3.24. The van der Waals surface area contributed by atoms with Gasteiger partial charge in [-0.25, -0.2) is 9.37 Å². The third-order valence-electron chi connectivity index (χ3n) is 5.30. The lowest BCUT2D eigenvalue weighted by molar-refractivity contribution is -0.119. The van der Waals surface area contributed by atoms with Gasteiger partial charge in [0.2, 0.25) is 11.8 Å². The molecule has 7 heteroatoms. The van der Waals surface area contributed by atoms with Gasteiger partial charge < -0.3 is 19.5 Å². The fourth-order valence-electron chi connectivity index (χ4n) is 3.24. The Balaban J connectivity index is 1.32. The molecule has 0 saturated heterocycles. The highest BCUT2D eigenvalue weighted by Gasteiger charge is 2.21. The second kappa shape index (κ2) is 10.3. The second-order valence-corrected chi connectivity index (χ2v) is 8.23. The zero-order chi connectivity index (χ0) is 23.2. The summed E-state index contributed by atoms with van der Waals surface area (Å²) < 4.78 is 31.8. The molecule has 1 unspecified atom stereocenters. The summed E-state index contributed by atoms with van der Waals surface area (Å²) in [6, 6.07) is 15.4. The molecule has 6 nitrogen and oxygen atoms in total. The van der Waals surface area contributed by atoms with Gasteiger partial charge in [0.1, 0.15) is 29.7 Å². The molecule has 4 rings (SSSR count). The maximum absolute atomic E-state index is 14.6. The first-order valence-corrected chi connectivity index (χ1v) is 11.0. The van der Waals surface area contributed by atoms with Gasteiger partial charge in [-0.3, -0.25) is 4.79 Å². The summed E-state index contributed by atoms with van der Waals surface area (Å²) in [6.45, 7) is 4.09. The molecule has 172 valence electrons. The van der Waals surface area contributed by atoms with E-state index in [1.165, 1.54) is 25.8 Å². The minimum absolute atomic E-state index is 0.0319. The SMILES string of the molecule is CC(=O)NC(C)c1ccc(OCc2ccc(Oc3cccc(OCC4CC4)c3)cc2F)nc1. The van der Waals surface area contributed by atoms with Crippen LogP contribution in [0.1, 0.15) is 43.9 Å². The number of carbonyl (C=O) groups is 1. The van der Waals surface area contributed by atoms with Gasteiger partial charge in [-0.1, -0.05) is 12.1 Å². The van der Waals surface area contributed by atoms with E-state index in [9.17, 15) is 9.18 Å². The van der Waals surface area contributed by atoms with Crippen molar-refractivity contribution in [3.63, 3.8) is 0 Å². The summed E-state index contributed by atoms with van der Waals surface area (Å²) in [4.78, 5) is 15.4. The van der Waals surface area contributed by atoms with Crippen LogP contribution in [-0.4, -0.2) is 17.5 Å². The van der Waals surface area contributed by atoms with Crippen LogP contribution in [0, 0.1) is 11.7 Å². The first-order chi connectivity index (χ1) is 16.0. The molecule has 1 N–H and O–H groups in total. The number of halogens is 1. The van der Waals surface area contributed by atoms with Crippen molar-refractivity contribution in [1.29, 1.82) is 0 Å². The molecular formula is C26H27FN2O4. The largest absolute Gasteiger partial charge is 0.493 e. The summed E-state index contributed by atoms with van der Waals surface area (Å²) in [7, 11) is 0. The number of pyridine rings is 1. The Morgan fingerprint density at radius 3 is 2.58 bits per heavy atom. The zero-order valence-electron chi connectivity index (χ0n) is 18.7. The average molecular weight is 451 g/mol. The minimum Gasteiger partial charge on any atom is -0.493 e. The molecular weight excluding hydrogens is 423 g/mol. The highest BCUT2D eigenvalue weighted by molar-refractivity contribution is 5.73. The van der Waals surface area contributed by atoms with Crippen LogP contribution in [0.15, 0.2) is 60.8 Å². The van der Waals surface area contributed by atoms with Crippen molar-refractivity contribution in [2.75, 3.05) is 6.61 Å². The molecule has 1 aromatic heterocycles. The molecule has 1 aliphatic carbocycles. The number of nitrogens with zero attached hydrogens (tertiary/aromatic N) is 1. The van der Waals surface area contributed by atoms with E-state index in [-0.39, 0.29) is 18.6 Å². The molecule has 0 spiro atoms. The van der Waals surface area contributed by atoms with Crippen molar-refractivity contribution < 1.29 is 23.4 Å². The Hall–Kier alpha value is -3.61. The number of ether oxygens (including phenoxy) is 3. The molecule has 0 aliphatic heterocycles. The van der Waals surface area contributed by atoms with Crippen LogP contribution in [0.3, 0.4) is 0 Å². The summed E-state index contributed by atoms with van der Waals surface area (Å²) in [6.07, 6.45) is 4.08. The van der Waals surface area contributed by atoms with Gasteiger partial charge in [0, 0.05) is 36.9 Å². The van der Waals surface area contributed by atoms with Gasteiger partial charge in [0.25, 0.3) is 0 Å². The van der Waals surface area contributed by atoms with Crippen molar-refractivity contribution >= 4 is 5.91 Å².